The summed E-state index contributed by atoms with van der Waals surface area (Å²) in [5.41, 5.74) is 1.34. The summed E-state index contributed by atoms with van der Waals surface area (Å²) >= 11 is 1.42. The zero-order valence-corrected chi connectivity index (χ0v) is 15.0. The van der Waals surface area contributed by atoms with Gasteiger partial charge >= 0.3 is 0 Å². The fourth-order valence-electron chi connectivity index (χ4n) is 2.27. The highest BCUT2D eigenvalue weighted by Crippen LogP contribution is 2.19. The zero-order chi connectivity index (χ0) is 17.6. The minimum absolute atomic E-state index is 0.213. The van der Waals surface area contributed by atoms with Gasteiger partial charge in [-0.05, 0) is 23.8 Å². The predicted octanol–water partition coefficient (Wildman–Crippen LogP) is 2.71. The van der Waals surface area contributed by atoms with Gasteiger partial charge in [0, 0.05) is 17.5 Å². The van der Waals surface area contributed by atoms with Gasteiger partial charge in [0.15, 0.2) is 0 Å². The quantitative estimate of drug-likeness (QED) is 0.653. The minimum atomic E-state index is -0.213. The number of hydrogen-bond donors (Lipinski definition) is 1. The minimum Gasteiger partial charge on any atom is -0.296 e. The highest BCUT2D eigenvalue weighted by molar-refractivity contribution is 7.15. The van der Waals surface area contributed by atoms with E-state index in [9.17, 15) is 4.79 Å². The molecule has 0 aliphatic rings. The van der Waals surface area contributed by atoms with E-state index in [1.165, 1.54) is 29.0 Å². The molecule has 0 radical (unpaired) electrons. The molecule has 3 aromatic rings. The van der Waals surface area contributed by atoms with Crippen molar-refractivity contribution in [2.75, 3.05) is 5.32 Å². The number of carbonyl (C=O) groups is 1. The first-order valence-electron chi connectivity index (χ1n) is 8.14. The van der Waals surface area contributed by atoms with E-state index in [0.29, 0.717) is 16.5 Å². The highest BCUT2D eigenvalue weighted by atomic mass is 32.1. The van der Waals surface area contributed by atoms with Gasteiger partial charge in [0.25, 0.3) is 5.91 Å². The molecule has 0 fully saturated rings. The number of carbonyl (C=O) groups excluding carboxylic acids is 1. The van der Waals surface area contributed by atoms with Gasteiger partial charge in [-0.1, -0.05) is 43.2 Å². The second kappa shape index (κ2) is 7.93. The molecule has 1 aromatic carbocycles. The van der Waals surface area contributed by atoms with Crippen LogP contribution in [0.25, 0.3) is 11.4 Å². The Morgan fingerprint density at radius 3 is 2.64 bits per heavy atom. The molecular formula is C16H19N7OS. The summed E-state index contributed by atoms with van der Waals surface area (Å²) in [4.78, 5) is 13.7. The lowest BCUT2D eigenvalue weighted by molar-refractivity contribution is 0.102. The molecule has 8 nitrogen and oxygen atoms in total. The van der Waals surface area contributed by atoms with E-state index in [4.69, 9.17) is 0 Å². The zero-order valence-electron chi connectivity index (χ0n) is 14.1. The molecule has 3 rings (SSSR count). The average molecular weight is 357 g/mol. The lowest BCUT2D eigenvalue weighted by Gasteiger charge is -2.01. The molecule has 0 atom stereocenters. The summed E-state index contributed by atoms with van der Waals surface area (Å²) in [5.74, 6) is 0.310. The van der Waals surface area contributed by atoms with Crippen molar-refractivity contribution in [1.29, 1.82) is 0 Å². The molecule has 0 unspecified atom stereocenters. The second-order valence-corrected chi connectivity index (χ2v) is 6.65. The average Bonchev–Trinajstić information content (AvgIpc) is 3.24. The molecule has 2 aromatic heterocycles. The summed E-state index contributed by atoms with van der Waals surface area (Å²) in [6.45, 7) is 2.16. The molecule has 0 saturated carbocycles. The third-order valence-electron chi connectivity index (χ3n) is 3.60. The smallest absolute Gasteiger partial charge is 0.257 e. The molecule has 0 aliphatic heterocycles. The number of benzene rings is 1. The van der Waals surface area contributed by atoms with Gasteiger partial charge < -0.3 is 0 Å². The molecule has 0 spiro atoms. The molecule has 0 saturated heterocycles. The number of aromatic nitrogens is 6. The van der Waals surface area contributed by atoms with Crippen molar-refractivity contribution in [2.24, 2.45) is 7.05 Å². The summed E-state index contributed by atoms with van der Waals surface area (Å²) in [6.07, 6.45) is 4.34. The van der Waals surface area contributed by atoms with Gasteiger partial charge in [0.1, 0.15) is 5.01 Å². The fourth-order valence-corrected chi connectivity index (χ4v) is 3.05. The van der Waals surface area contributed by atoms with Gasteiger partial charge in [0.2, 0.25) is 11.0 Å². The first-order valence-corrected chi connectivity index (χ1v) is 8.95. The van der Waals surface area contributed by atoms with Gasteiger partial charge in [-0.15, -0.1) is 20.4 Å². The van der Waals surface area contributed by atoms with Crippen LogP contribution < -0.4 is 5.32 Å². The van der Waals surface area contributed by atoms with Crippen molar-refractivity contribution >= 4 is 22.4 Å². The molecular weight excluding hydrogens is 338 g/mol. The predicted molar refractivity (Wildman–Crippen MR) is 95.3 cm³/mol. The Bertz CT molecular complexity index is 840. The molecule has 1 amide bonds. The number of hydrogen-bond acceptors (Lipinski definition) is 7. The van der Waals surface area contributed by atoms with E-state index < -0.39 is 0 Å². The molecule has 25 heavy (non-hydrogen) atoms. The molecule has 9 heteroatoms. The van der Waals surface area contributed by atoms with Crippen LogP contribution in [0.5, 0.6) is 0 Å². The number of nitrogens with one attached hydrogen (secondary N) is 1. The van der Waals surface area contributed by atoms with E-state index in [2.05, 4.69) is 37.8 Å². The number of anilines is 1. The Balaban J connectivity index is 1.61. The Labute approximate surface area is 149 Å². The summed E-state index contributed by atoms with van der Waals surface area (Å²) in [5, 5.41) is 24.3. The van der Waals surface area contributed by atoms with Crippen LogP contribution in [-0.4, -0.2) is 36.3 Å². The molecule has 130 valence electrons. The first-order chi connectivity index (χ1) is 12.2. The Morgan fingerprint density at radius 1 is 1.16 bits per heavy atom. The molecule has 0 bridgehead atoms. The normalized spacial score (nSPS) is 10.8. The highest BCUT2D eigenvalue weighted by Gasteiger charge is 2.11. The number of aryl methyl sites for hydroxylation is 2. The third-order valence-corrected chi connectivity index (χ3v) is 4.49. The molecule has 1 N–H and O–H groups in total. The maximum atomic E-state index is 12.3. The standard InChI is InChI=1S/C16H19N7OS/c1-3-4-5-6-13-18-20-16(25-13)17-15(24)12-9-7-11(8-10-12)14-19-22-23(2)21-14/h7-10H,3-6H2,1-2H3,(H,17,20,24). The van der Waals surface area contributed by atoms with Crippen molar-refractivity contribution in [1.82, 2.24) is 30.4 Å². The maximum absolute atomic E-state index is 12.3. The van der Waals surface area contributed by atoms with Crippen molar-refractivity contribution in [3.8, 4) is 11.4 Å². The number of nitrogens with zero attached hydrogens (tertiary/aromatic N) is 6. The van der Waals surface area contributed by atoms with E-state index in [0.717, 1.165) is 23.4 Å². The van der Waals surface area contributed by atoms with Crippen molar-refractivity contribution in [3.05, 3.63) is 34.8 Å². The lowest BCUT2D eigenvalue weighted by Crippen LogP contribution is -2.11. The van der Waals surface area contributed by atoms with Crippen molar-refractivity contribution in [2.45, 2.75) is 32.6 Å². The SMILES string of the molecule is CCCCCc1nnc(NC(=O)c2ccc(-c3nnn(C)n3)cc2)s1. The van der Waals surface area contributed by atoms with Crippen LogP contribution in [0.1, 0.15) is 41.6 Å². The summed E-state index contributed by atoms with van der Waals surface area (Å²) in [7, 11) is 1.71. The molecule has 2 heterocycles. The van der Waals surface area contributed by atoms with Crippen molar-refractivity contribution < 1.29 is 4.79 Å². The largest absolute Gasteiger partial charge is 0.296 e. The van der Waals surface area contributed by atoms with Crippen LogP contribution in [-0.2, 0) is 13.5 Å². The number of rotatable bonds is 7. The van der Waals surface area contributed by atoms with Crippen LogP contribution in [0.15, 0.2) is 24.3 Å². The van der Waals surface area contributed by atoms with Crippen LogP contribution in [0, 0.1) is 0 Å². The van der Waals surface area contributed by atoms with Crippen LogP contribution in [0.3, 0.4) is 0 Å². The Hall–Kier alpha value is -2.68. The van der Waals surface area contributed by atoms with Crippen molar-refractivity contribution in [3.63, 3.8) is 0 Å². The van der Waals surface area contributed by atoms with E-state index in [1.54, 1.807) is 31.3 Å². The monoisotopic (exact) mass is 357 g/mol. The van der Waals surface area contributed by atoms with E-state index >= 15 is 0 Å². The summed E-state index contributed by atoms with van der Waals surface area (Å²) in [6, 6.07) is 7.04. The van der Waals surface area contributed by atoms with E-state index in [1.807, 2.05) is 0 Å². The lowest BCUT2D eigenvalue weighted by atomic mass is 10.1. The number of amides is 1. The number of tetrazole rings is 1. The fraction of sp³-hybridized carbons (Fsp3) is 0.375. The number of unbranched alkanes of at least 4 members (excludes halogenated alkanes) is 2. The summed E-state index contributed by atoms with van der Waals surface area (Å²) < 4.78 is 0. The van der Waals surface area contributed by atoms with Crippen LogP contribution in [0.4, 0.5) is 5.13 Å². The Kier molecular flexibility index (Phi) is 5.44. The van der Waals surface area contributed by atoms with Gasteiger partial charge in [-0.3, -0.25) is 10.1 Å². The van der Waals surface area contributed by atoms with Gasteiger partial charge in [-0.2, -0.15) is 4.80 Å². The Morgan fingerprint density at radius 2 is 1.96 bits per heavy atom. The maximum Gasteiger partial charge on any atom is 0.257 e. The van der Waals surface area contributed by atoms with Crippen LogP contribution in [0.2, 0.25) is 0 Å². The van der Waals surface area contributed by atoms with Gasteiger partial charge in [0.05, 0.1) is 7.05 Å². The second-order valence-electron chi connectivity index (χ2n) is 5.59. The molecule has 0 aliphatic carbocycles. The van der Waals surface area contributed by atoms with E-state index in [-0.39, 0.29) is 5.91 Å². The first kappa shape index (κ1) is 17.2. The third kappa shape index (κ3) is 4.44. The topological polar surface area (TPSA) is 98.5 Å². The van der Waals surface area contributed by atoms with Gasteiger partial charge in [-0.25, -0.2) is 0 Å². The van der Waals surface area contributed by atoms with Crippen LogP contribution >= 0.6 is 11.3 Å².